The zero-order chi connectivity index (χ0) is 10.6. The predicted octanol–water partition coefficient (Wildman–Crippen LogP) is 1.58. The maximum Gasteiger partial charge on any atom is 0.343 e. The largest absolute Gasteiger partial charge is 0.480 e. The molecule has 0 amide bonds. The lowest BCUT2D eigenvalue weighted by Gasteiger charge is -2.06. The number of aromatic nitrogens is 1. The molecule has 0 aliphatic heterocycles. The molecule has 14 heavy (non-hydrogen) atoms. The van der Waals surface area contributed by atoms with Gasteiger partial charge < -0.3 is 9.47 Å². The Morgan fingerprint density at radius 3 is 2.79 bits per heavy atom. The molecule has 4 nitrogen and oxygen atoms in total. The molecule has 0 aliphatic carbocycles. The zero-order valence-electron chi connectivity index (χ0n) is 8.53. The van der Waals surface area contributed by atoms with Crippen molar-refractivity contribution in [2.75, 3.05) is 13.7 Å². The summed E-state index contributed by atoms with van der Waals surface area (Å²) in [6.45, 7) is 3.93. The van der Waals surface area contributed by atoms with Crippen molar-refractivity contribution in [3.63, 3.8) is 0 Å². The molecule has 4 heteroatoms. The van der Waals surface area contributed by atoms with E-state index in [1.54, 1.807) is 19.1 Å². The van der Waals surface area contributed by atoms with E-state index in [1.807, 2.05) is 6.92 Å². The van der Waals surface area contributed by atoms with Crippen LogP contribution in [0.3, 0.4) is 0 Å². The topological polar surface area (TPSA) is 48.4 Å². The second-order valence-corrected chi connectivity index (χ2v) is 2.73. The summed E-state index contributed by atoms with van der Waals surface area (Å²) in [6, 6.07) is 3.40. The minimum Gasteiger partial charge on any atom is -0.480 e. The van der Waals surface area contributed by atoms with Crippen LogP contribution in [-0.2, 0) is 4.74 Å². The Bertz CT molecular complexity index is 336. The van der Waals surface area contributed by atoms with Gasteiger partial charge in [-0.05, 0) is 26.0 Å². The van der Waals surface area contributed by atoms with Crippen LogP contribution in [0, 0.1) is 6.92 Å². The fourth-order valence-corrected chi connectivity index (χ4v) is 1.05. The molecule has 76 valence electrons. The molecule has 0 aliphatic rings. The van der Waals surface area contributed by atoms with Gasteiger partial charge in [0.05, 0.1) is 13.7 Å². The Morgan fingerprint density at radius 2 is 2.21 bits per heavy atom. The lowest BCUT2D eigenvalue weighted by atomic mass is 10.2. The molecule has 0 aromatic carbocycles. The fraction of sp³-hybridized carbons (Fsp3) is 0.400. The van der Waals surface area contributed by atoms with Crippen LogP contribution in [0.5, 0.6) is 5.88 Å². The maximum absolute atomic E-state index is 11.4. The van der Waals surface area contributed by atoms with Crippen molar-refractivity contribution in [2.24, 2.45) is 0 Å². The molecule has 0 atom stereocenters. The number of aryl methyl sites for hydroxylation is 1. The molecule has 0 saturated carbocycles. The summed E-state index contributed by atoms with van der Waals surface area (Å²) in [5, 5.41) is 0. The van der Waals surface area contributed by atoms with Gasteiger partial charge >= 0.3 is 5.97 Å². The Morgan fingerprint density at radius 1 is 1.50 bits per heavy atom. The van der Waals surface area contributed by atoms with E-state index >= 15 is 0 Å². The van der Waals surface area contributed by atoms with Crippen molar-refractivity contribution in [1.29, 1.82) is 0 Å². The highest BCUT2D eigenvalue weighted by Gasteiger charge is 2.14. The summed E-state index contributed by atoms with van der Waals surface area (Å²) in [4.78, 5) is 15.5. The minimum absolute atomic E-state index is 0.309. The summed E-state index contributed by atoms with van der Waals surface area (Å²) >= 11 is 0. The Kier molecular flexibility index (Phi) is 3.45. The Labute approximate surface area is 82.9 Å². The highest BCUT2D eigenvalue weighted by atomic mass is 16.5. The van der Waals surface area contributed by atoms with E-state index in [-0.39, 0.29) is 0 Å². The van der Waals surface area contributed by atoms with Crippen molar-refractivity contribution >= 4 is 5.97 Å². The number of carbonyl (C=O) groups is 1. The molecule has 1 rings (SSSR count). The summed E-state index contributed by atoms with van der Waals surface area (Å²) in [6.07, 6.45) is 0. The molecule has 0 fully saturated rings. The molecule has 0 radical (unpaired) electrons. The van der Waals surface area contributed by atoms with E-state index in [0.29, 0.717) is 18.1 Å². The fourth-order valence-electron chi connectivity index (χ4n) is 1.05. The Hall–Kier alpha value is -1.58. The standard InChI is InChI=1S/C10H13NO3/c1-4-14-10(12)8-6-5-7(2)11-9(8)13-3/h5-6H,4H2,1-3H3. The number of hydrogen-bond donors (Lipinski definition) is 0. The highest BCUT2D eigenvalue weighted by Crippen LogP contribution is 2.16. The third kappa shape index (κ3) is 2.22. The van der Waals surface area contributed by atoms with Crippen LogP contribution in [0.15, 0.2) is 12.1 Å². The normalized spacial score (nSPS) is 9.64. The first-order chi connectivity index (χ1) is 6.69. The number of hydrogen-bond acceptors (Lipinski definition) is 4. The van der Waals surface area contributed by atoms with Crippen LogP contribution in [0.25, 0.3) is 0 Å². The predicted molar refractivity (Wildman–Crippen MR) is 51.5 cm³/mol. The van der Waals surface area contributed by atoms with Crippen molar-refractivity contribution < 1.29 is 14.3 Å². The summed E-state index contributed by atoms with van der Waals surface area (Å²) in [7, 11) is 1.48. The van der Waals surface area contributed by atoms with Crippen molar-refractivity contribution in [3.05, 3.63) is 23.4 Å². The summed E-state index contributed by atoms with van der Waals surface area (Å²) < 4.78 is 9.83. The van der Waals surface area contributed by atoms with E-state index < -0.39 is 5.97 Å². The maximum atomic E-state index is 11.4. The average Bonchev–Trinajstić information content (AvgIpc) is 2.17. The molecule has 1 aromatic heterocycles. The van der Waals surface area contributed by atoms with Gasteiger partial charge in [-0.3, -0.25) is 0 Å². The number of esters is 1. The monoisotopic (exact) mass is 195 g/mol. The second kappa shape index (κ2) is 4.60. The van der Waals surface area contributed by atoms with Gasteiger partial charge in [0.15, 0.2) is 0 Å². The average molecular weight is 195 g/mol. The molecule has 0 N–H and O–H groups in total. The number of ether oxygens (including phenoxy) is 2. The second-order valence-electron chi connectivity index (χ2n) is 2.73. The van der Waals surface area contributed by atoms with Crippen LogP contribution in [0.1, 0.15) is 23.0 Å². The van der Waals surface area contributed by atoms with Gasteiger partial charge in [0, 0.05) is 5.69 Å². The number of carbonyl (C=O) groups excluding carboxylic acids is 1. The van der Waals surface area contributed by atoms with Crippen LogP contribution in [-0.4, -0.2) is 24.7 Å². The SMILES string of the molecule is CCOC(=O)c1ccc(C)nc1OC. The van der Waals surface area contributed by atoms with Gasteiger partial charge in [0.25, 0.3) is 0 Å². The van der Waals surface area contributed by atoms with Crippen molar-refractivity contribution in [1.82, 2.24) is 4.98 Å². The van der Waals surface area contributed by atoms with E-state index in [4.69, 9.17) is 9.47 Å². The smallest absolute Gasteiger partial charge is 0.343 e. The van der Waals surface area contributed by atoms with Gasteiger partial charge in [-0.15, -0.1) is 0 Å². The van der Waals surface area contributed by atoms with E-state index in [2.05, 4.69) is 4.98 Å². The van der Waals surface area contributed by atoms with Gasteiger partial charge in [-0.2, -0.15) is 0 Å². The molecular weight excluding hydrogens is 182 g/mol. The Balaban J connectivity index is 3.01. The summed E-state index contributed by atoms with van der Waals surface area (Å²) in [5.41, 5.74) is 1.16. The first kappa shape index (κ1) is 10.5. The lowest BCUT2D eigenvalue weighted by Crippen LogP contribution is -2.08. The zero-order valence-corrected chi connectivity index (χ0v) is 8.53. The number of nitrogens with zero attached hydrogens (tertiary/aromatic N) is 1. The van der Waals surface area contributed by atoms with Gasteiger partial charge in [0.2, 0.25) is 5.88 Å². The quantitative estimate of drug-likeness (QED) is 0.687. The molecule has 0 unspecified atom stereocenters. The molecule has 0 spiro atoms. The van der Waals surface area contributed by atoms with E-state index in [9.17, 15) is 4.79 Å². The van der Waals surface area contributed by atoms with Crippen LogP contribution >= 0.6 is 0 Å². The first-order valence-corrected chi connectivity index (χ1v) is 4.37. The first-order valence-electron chi connectivity index (χ1n) is 4.37. The van der Waals surface area contributed by atoms with Crippen LogP contribution < -0.4 is 4.74 Å². The molecule has 0 bridgehead atoms. The molecule has 1 heterocycles. The van der Waals surface area contributed by atoms with Gasteiger partial charge in [0.1, 0.15) is 5.56 Å². The number of rotatable bonds is 3. The molecule has 1 aromatic rings. The lowest BCUT2D eigenvalue weighted by molar-refractivity contribution is 0.0522. The minimum atomic E-state index is -0.406. The molecule has 0 saturated heterocycles. The summed E-state index contributed by atoms with van der Waals surface area (Å²) in [5.74, 6) is -0.0969. The third-order valence-corrected chi connectivity index (χ3v) is 1.69. The highest BCUT2D eigenvalue weighted by molar-refractivity contribution is 5.91. The van der Waals surface area contributed by atoms with Crippen molar-refractivity contribution in [2.45, 2.75) is 13.8 Å². The third-order valence-electron chi connectivity index (χ3n) is 1.69. The van der Waals surface area contributed by atoms with Crippen LogP contribution in [0.2, 0.25) is 0 Å². The van der Waals surface area contributed by atoms with Crippen LogP contribution in [0.4, 0.5) is 0 Å². The van der Waals surface area contributed by atoms with E-state index in [0.717, 1.165) is 5.69 Å². The number of pyridine rings is 1. The van der Waals surface area contributed by atoms with E-state index in [1.165, 1.54) is 7.11 Å². The van der Waals surface area contributed by atoms with Crippen molar-refractivity contribution in [3.8, 4) is 5.88 Å². The van der Waals surface area contributed by atoms with Gasteiger partial charge in [-0.1, -0.05) is 0 Å². The number of methoxy groups -OCH3 is 1. The molecular formula is C10H13NO3. The van der Waals surface area contributed by atoms with Gasteiger partial charge in [-0.25, -0.2) is 9.78 Å².